The Morgan fingerprint density at radius 1 is 1.28 bits per heavy atom. The number of hydrogen-bond donors (Lipinski definition) is 1. The Morgan fingerprint density at radius 3 is 2.56 bits per heavy atom. The molecule has 2 aromatic heterocycles. The average Bonchev–Trinajstić information content (AvgIpc) is 3.06. The molecule has 1 N–H and O–H groups in total. The van der Waals surface area contributed by atoms with Gasteiger partial charge < -0.3 is 9.30 Å². The summed E-state index contributed by atoms with van der Waals surface area (Å²) in [5, 5.41) is 5.14. The highest BCUT2D eigenvalue weighted by Crippen LogP contribution is 2.25. The Hall–Kier alpha value is -2.41. The monoisotopic (exact) mass is 361 g/mol. The molecule has 0 fully saturated rings. The number of aryl methyl sites for hydroxylation is 1. The van der Waals surface area contributed by atoms with Gasteiger partial charge in [0, 0.05) is 35.0 Å². The van der Waals surface area contributed by atoms with Crippen molar-refractivity contribution in [3.63, 3.8) is 0 Å². The molecule has 0 spiro atoms. The second-order valence-corrected chi connectivity index (χ2v) is 6.40. The summed E-state index contributed by atoms with van der Waals surface area (Å²) in [5.41, 5.74) is 3.85. The van der Waals surface area contributed by atoms with Crippen LogP contribution < -0.4 is 5.32 Å². The third-order valence-corrected chi connectivity index (χ3v) is 4.75. The molecule has 25 heavy (non-hydrogen) atoms. The van der Waals surface area contributed by atoms with Crippen LogP contribution in [0.15, 0.2) is 11.5 Å². The summed E-state index contributed by atoms with van der Waals surface area (Å²) in [5.74, 6) is -0.656. The summed E-state index contributed by atoms with van der Waals surface area (Å²) in [6, 6.07) is 0. The molecule has 6 nitrogen and oxygen atoms in total. The second kappa shape index (κ2) is 8.11. The lowest BCUT2D eigenvalue weighted by atomic mass is 10.1. The molecule has 0 bridgehead atoms. The van der Waals surface area contributed by atoms with Gasteiger partial charge in [0.25, 0.3) is 0 Å². The highest BCUT2D eigenvalue weighted by molar-refractivity contribution is 7.13. The highest BCUT2D eigenvalue weighted by atomic mass is 32.1. The summed E-state index contributed by atoms with van der Waals surface area (Å²) in [7, 11) is 0. The lowest BCUT2D eigenvalue weighted by Crippen LogP contribution is -2.09. The molecule has 0 aliphatic carbocycles. The molecule has 134 valence electrons. The van der Waals surface area contributed by atoms with Gasteiger partial charge in [-0.1, -0.05) is 0 Å². The molecule has 0 aliphatic heterocycles. The van der Waals surface area contributed by atoms with Gasteiger partial charge in [-0.15, -0.1) is 11.3 Å². The smallest absolute Gasteiger partial charge is 0.340 e. The number of carbonyl (C=O) groups is 2. The van der Waals surface area contributed by atoms with Crippen LogP contribution in [0.5, 0.6) is 0 Å². The number of amides is 1. The maximum Gasteiger partial charge on any atom is 0.340 e. The van der Waals surface area contributed by atoms with E-state index in [2.05, 4.69) is 10.3 Å². The number of anilines is 1. The molecule has 7 heteroatoms. The first kappa shape index (κ1) is 18.9. The second-order valence-electron chi connectivity index (χ2n) is 5.54. The van der Waals surface area contributed by atoms with Crippen molar-refractivity contribution in [3.05, 3.63) is 39.7 Å². The van der Waals surface area contributed by atoms with Crippen LogP contribution in [0.25, 0.3) is 6.08 Å². The van der Waals surface area contributed by atoms with Crippen LogP contribution in [-0.4, -0.2) is 28.0 Å². The van der Waals surface area contributed by atoms with Gasteiger partial charge in [-0.05, 0) is 40.7 Å². The van der Waals surface area contributed by atoms with E-state index in [1.54, 1.807) is 13.0 Å². The third-order valence-electron chi connectivity index (χ3n) is 3.88. The number of rotatable bonds is 6. The molecular weight excluding hydrogens is 338 g/mol. The van der Waals surface area contributed by atoms with E-state index in [0.717, 1.165) is 23.6 Å². The average molecular weight is 361 g/mol. The van der Waals surface area contributed by atoms with Crippen molar-refractivity contribution in [2.24, 2.45) is 0 Å². The Bertz CT molecular complexity index is 818. The van der Waals surface area contributed by atoms with Gasteiger partial charge in [0.15, 0.2) is 5.13 Å². The van der Waals surface area contributed by atoms with Gasteiger partial charge >= 0.3 is 5.97 Å². The van der Waals surface area contributed by atoms with Gasteiger partial charge in [-0.25, -0.2) is 9.78 Å². The zero-order valence-corrected chi connectivity index (χ0v) is 16.0. The van der Waals surface area contributed by atoms with Crippen molar-refractivity contribution in [2.45, 2.75) is 41.2 Å². The highest BCUT2D eigenvalue weighted by Gasteiger charge is 2.22. The van der Waals surface area contributed by atoms with Gasteiger partial charge in [0.05, 0.1) is 17.9 Å². The first-order valence-electron chi connectivity index (χ1n) is 8.17. The third kappa shape index (κ3) is 4.17. The Kier molecular flexibility index (Phi) is 6.14. The Labute approximate surface area is 151 Å². The number of ether oxygens (including phenoxy) is 1. The van der Waals surface area contributed by atoms with Gasteiger partial charge in [-0.3, -0.25) is 10.1 Å². The standard InChI is InChI=1S/C18H23N3O3S/c1-6-21-12(4)14(16(13(21)5)17(23)24-7-2)8-9-15(22)20-18-19-11(3)10-25-18/h8-10H,6-7H2,1-5H3,(H,19,20,22)/b9-8+. The van der Waals surface area contributed by atoms with Crippen LogP contribution in [0.1, 0.15) is 46.9 Å². The molecule has 0 unspecified atom stereocenters. The number of aromatic nitrogens is 2. The number of carbonyl (C=O) groups excluding carboxylic acids is 2. The molecule has 2 heterocycles. The maximum atomic E-state index is 12.3. The van der Waals surface area contributed by atoms with E-state index in [-0.39, 0.29) is 11.9 Å². The molecule has 0 aromatic carbocycles. The largest absolute Gasteiger partial charge is 0.462 e. The van der Waals surface area contributed by atoms with Gasteiger partial charge in [-0.2, -0.15) is 0 Å². The minimum atomic E-state index is -0.370. The predicted octanol–water partition coefficient (Wildman–Crippen LogP) is 3.72. The number of hydrogen-bond acceptors (Lipinski definition) is 5. The molecule has 0 saturated carbocycles. The summed E-state index contributed by atoms with van der Waals surface area (Å²) in [6.07, 6.45) is 3.08. The molecule has 0 saturated heterocycles. The Morgan fingerprint density at radius 2 is 2.00 bits per heavy atom. The quantitative estimate of drug-likeness (QED) is 0.629. The van der Waals surface area contributed by atoms with Gasteiger partial charge in [0.1, 0.15) is 0 Å². The molecule has 2 rings (SSSR count). The van der Waals surface area contributed by atoms with Crippen LogP contribution in [0, 0.1) is 20.8 Å². The molecule has 0 aliphatic rings. The van der Waals surface area contributed by atoms with Crippen molar-refractivity contribution in [2.75, 3.05) is 11.9 Å². The van der Waals surface area contributed by atoms with Crippen molar-refractivity contribution < 1.29 is 14.3 Å². The SMILES string of the molecule is CCOC(=O)c1c(/C=C/C(=O)Nc2nc(C)cs2)c(C)n(CC)c1C. The van der Waals surface area contributed by atoms with E-state index >= 15 is 0 Å². The van der Waals surface area contributed by atoms with Crippen LogP contribution in [-0.2, 0) is 16.1 Å². The number of esters is 1. The minimum Gasteiger partial charge on any atom is -0.462 e. The number of thiazole rings is 1. The lowest BCUT2D eigenvalue weighted by molar-refractivity contribution is -0.111. The van der Waals surface area contributed by atoms with Crippen LogP contribution in [0.2, 0.25) is 0 Å². The fourth-order valence-corrected chi connectivity index (χ4v) is 3.46. The first-order valence-corrected chi connectivity index (χ1v) is 9.04. The normalized spacial score (nSPS) is 11.1. The lowest BCUT2D eigenvalue weighted by Gasteiger charge is -2.05. The maximum absolute atomic E-state index is 12.3. The van der Waals surface area contributed by atoms with E-state index in [1.165, 1.54) is 17.4 Å². The summed E-state index contributed by atoms with van der Waals surface area (Å²) < 4.78 is 7.21. The summed E-state index contributed by atoms with van der Waals surface area (Å²) in [6.45, 7) is 10.5. The molecule has 0 atom stereocenters. The summed E-state index contributed by atoms with van der Waals surface area (Å²) >= 11 is 1.37. The molecular formula is C18H23N3O3S. The fourth-order valence-electron chi connectivity index (χ4n) is 2.76. The zero-order chi connectivity index (χ0) is 18.6. The van der Waals surface area contributed by atoms with Gasteiger partial charge in [0.2, 0.25) is 5.91 Å². The van der Waals surface area contributed by atoms with E-state index in [0.29, 0.717) is 22.9 Å². The number of nitrogens with one attached hydrogen (secondary N) is 1. The molecule has 0 radical (unpaired) electrons. The fraction of sp³-hybridized carbons (Fsp3) is 0.389. The van der Waals surface area contributed by atoms with Crippen molar-refractivity contribution in [1.29, 1.82) is 0 Å². The minimum absolute atomic E-state index is 0.287. The van der Waals surface area contributed by atoms with Crippen molar-refractivity contribution >= 4 is 34.4 Å². The van der Waals surface area contributed by atoms with E-state index in [4.69, 9.17) is 4.74 Å². The zero-order valence-electron chi connectivity index (χ0n) is 15.2. The predicted molar refractivity (Wildman–Crippen MR) is 100 cm³/mol. The van der Waals surface area contributed by atoms with Crippen molar-refractivity contribution in [1.82, 2.24) is 9.55 Å². The van der Waals surface area contributed by atoms with E-state index in [9.17, 15) is 9.59 Å². The molecule has 1 amide bonds. The Balaban J connectivity index is 2.30. The van der Waals surface area contributed by atoms with Crippen LogP contribution in [0.3, 0.4) is 0 Å². The van der Waals surface area contributed by atoms with Crippen LogP contribution in [0.4, 0.5) is 5.13 Å². The topological polar surface area (TPSA) is 73.2 Å². The van der Waals surface area contributed by atoms with Crippen molar-refractivity contribution in [3.8, 4) is 0 Å². The molecule has 2 aromatic rings. The number of nitrogens with zero attached hydrogens (tertiary/aromatic N) is 2. The van der Waals surface area contributed by atoms with Crippen LogP contribution >= 0.6 is 11.3 Å². The van der Waals surface area contributed by atoms with E-state index < -0.39 is 0 Å². The van der Waals surface area contributed by atoms with E-state index in [1.807, 2.05) is 37.6 Å². The summed E-state index contributed by atoms with van der Waals surface area (Å²) in [4.78, 5) is 28.6. The first-order chi connectivity index (χ1) is 11.9.